The smallest absolute Gasteiger partial charge is 0.281 e. The molecule has 9 nitrogen and oxygen atoms in total. The third-order valence-corrected chi connectivity index (χ3v) is 2.29. The van der Waals surface area contributed by atoms with Crippen LogP contribution in [0.1, 0.15) is 12.5 Å². The summed E-state index contributed by atoms with van der Waals surface area (Å²) >= 11 is 0. The largest absolute Gasteiger partial charge is 0.396 e. The number of nitrogens with zero attached hydrogens (tertiary/aromatic N) is 2. The van der Waals surface area contributed by atoms with Crippen molar-refractivity contribution in [2.75, 3.05) is 11.9 Å². The first kappa shape index (κ1) is 14.5. The molecular formula is C10H11N3O6. The maximum absolute atomic E-state index is 11.0. The predicted molar refractivity (Wildman–Crippen MR) is 64.8 cm³/mol. The quantitative estimate of drug-likeness (QED) is 0.604. The summed E-state index contributed by atoms with van der Waals surface area (Å²) in [6, 6.07) is 1.83. The zero-order chi connectivity index (χ0) is 14.6. The van der Waals surface area contributed by atoms with Crippen LogP contribution in [0.4, 0.5) is 17.1 Å². The molecule has 1 amide bonds. The van der Waals surface area contributed by atoms with Crippen molar-refractivity contribution in [2.45, 2.75) is 13.3 Å². The molecule has 1 rings (SSSR count). The molecule has 19 heavy (non-hydrogen) atoms. The number of aliphatic hydroxyl groups is 1. The first-order chi connectivity index (χ1) is 8.86. The summed E-state index contributed by atoms with van der Waals surface area (Å²) in [6.45, 7) is 0.790. The highest BCUT2D eigenvalue weighted by molar-refractivity contribution is 5.91. The van der Waals surface area contributed by atoms with Crippen molar-refractivity contribution in [3.8, 4) is 0 Å². The molecule has 0 aliphatic heterocycles. The van der Waals surface area contributed by atoms with E-state index in [2.05, 4.69) is 5.32 Å². The van der Waals surface area contributed by atoms with Gasteiger partial charge in [-0.1, -0.05) is 0 Å². The number of anilines is 1. The molecule has 0 aliphatic rings. The van der Waals surface area contributed by atoms with Gasteiger partial charge >= 0.3 is 0 Å². The van der Waals surface area contributed by atoms with Crippen LogP contribution in [0.25, 0.3) is 0 Å². The minimum absolute atomic E-state index is 0.0394. The van der Waals surface area contributed by atoms with E-state index in [1.807, 2.05) is 0 Å². The van der Waals surface area contributed by atoms with Crippen LogP contribution >= 0.6 is 0 Å². The van der Waals surface area contributed by atoms with Crippen LogP contribution in [0.5, 0.6) is 0 Å². The number of hydrogen-bond acceptors (Lipinski definition) is 6. The Morgan fingerprint density at radius 1 is 1.32 bits per heavy atom. The second-order valence-electron chi connectivity index (χ2n) is 3.66. The van der Waals surface area contributed by atoms with Gasteiger partial charge in [0.2, 0.25) is 5.91 Å². The minimum Gasteiger partial charge on any atom is -0.396 e. The van der Waals surface area contributed by atoms with Crippen LogP contribution in [-0.4, -0.2) is 27.5 Å². The van der Waals surface area contributed by atoms with Crippen LogP contribution < -0.4 is 5.32 Å². The van der Waals surface area contributed by atoms with Crippen LogP contribution in [0.3, 0.4) is 0 Å². The van der Waals surface area contributed by atoms with Crippen molar-refractivity contribution in [2.24, 2.45) is 0 Å². The molecule has 0 aliphatic carbocycles. The van der Waals surface area contributed by atoms with E-state index in [1.54, 1.807) is 0 Å². The lowest BCUT2D eigenvalue weighted by Gasteiger charge is -2.09. The summed E-state index contributed by atoms with van der Waals surface area (Å²) in [4.78, 5) is 31.0. The van der Waals surface area contributed by atoms with Gasteiger partial charge in [-0.15, -0.1) is 0 Å². The summed E-state index contributed by atoms with van der Waals surface area (Å²) < 4.78 is 0. The van der Waals surface area contributed by atoms with Crippen molar-refractivity contribution >= 4 is 23.0 Å². The normalized spacial score (nSPS) is 10.0. The number of aliphatic hydroxyl groups excluding tert-OH is 1. The molecule has 0 bridgehead atoms. The summed E-state index contributed by atoms with van der Waals surface area (Å²) in [5, 5.41) is 32.8. The lowest BCUT2D eigenvalue weighted by atomic mass is 10.1. The highest BCUT2D eigenvalue weighted by Crippen LogP contribution is 2.32. The van der Waals surface area contributed by atoms with E-state index >= 15 is 0 Å². The highest BCUT2D eigenvalue weighted by Gasteiger charge is 2.24. The van der Waals surface area contributed by atoms with Gasteiger partial charge in [0.15, 0.2) is 0 Å². The molecule has 0 heterocycles. The van der Waals surface area contributed by atoms with Gasteiger partial charge in [-0.3, -0.25) is 25.0 Å². The van der Waals surface area contributed by atoms with Crippen molar-refractivity contribution in [3.63, 3.8) is 0 Å². The van der Waals surface area contributed by atoms with Gasteiger partial charge in [-0.25, -0.2) is 0 Å². The predicted octanol–water partition coefficient (Wildman–Crippen LogP) is 0.996. The number of nitro benzene ring substituents is 2. The summed E-state index contributed by atoms with van der Waals surface area (Å²) in [6.07, 6.45) is -0.0933. The Morgan fingerprint density at radius 3 is 2.37 bits per heavy atom. The average molecular weight is 269 g/mol. The molecule has 9 heteroatoms. The van der Waals surface area contributed by atoms with Crippen LogP contribution in [0.2, 0.25) is 0 Å². The van der Waals surface area contributed by atoms with Crippen LogP contribution in [0.15, 0.2) is 12.1 Å². The molecule has 0 saturated heterocycles. The Balaban J connectivity index is 3.49. The topological polar surface area (TPSA) is 136 Å². The molecular weight excluding hydrogens is 258 g/mol. The van der Waals surface area contributed by atoms with Gasteiger partial charge in [0.05, 0.1) is 27.2 Å². The van der Waals surface area contributed by atoms with E-state index in [0.717, 1.165) is 12.1 Å². The second-order valence-corrected chi connectivity index (χ2v) is 3.66. The lowest BCUT2D eigenvalue weighted by Crippen LogP contribution is -2.11. The van der Waals surface area contributed by atoms with Crippen molar-refractivity contribution in [3.05, 3.63) is 37.9 Å². The van der Waals surface area contributed by atoms with Crippen molar-refractivity contribution in [1.82, 2.24) is 0 Å². The second kappa shape index (κ2) is 5.87. The van der Waals surface area contributed by atoms with E-state index < -0.39 is 27.1 Å². The van der Waals surface area contributed by atoms with Crippen molar-refractivity contribution in [1.29, 1.82) is 0 Å². The fourth-order valence-corrected chi connectivity index (χ4v) is 1.59. The molecule has 0 radical (unpaired) electrons. The zero-order valence-corrected chi connectivity index (χ0v) is 9.95. The number of amides is 1. The third-order valence-electron chi connectivity index (χ3n) is 2.29. The van der Waals surface area contributed by atoms with Crippen LogP contribution in [0, 0.1) is 20.2 Å². The van der Waals surface area contributed by atoms with E-state index in [9.17, 15) is 25.0 Å². The number of nitro groups is 2. The standard InChI is InChI=1S/C10H11N3O6/c1-6(15)11-9-4-7(12(16)17)5-10(13(18)19)8(9)2-3-14/h4-5,14H,2-3H2,1H3,(H,11,15). The van der Waals surface area contributed by atoms with Gasteiger partial charge in [0.1, 0.15) is 0 Å². The molecule has 1 aromatic carbocycles. The lowest BCUT2D eigenvalue weighted by molar-refractivity contribution is -0.394. The van der Waals surface area contributed by atoms with Gasteiger partial charge in [-0.05, 0) is 0 Å². The molecule has 2 N–H and O–H groups in total. The molecule has 1 aromatic rings. The molecule has 0 spiro atoms. The third kappa shape index (κ3) is 3.45. The van der Waals surface area contributed by atoms with Gasteiger partial charge in [0, 0.05) is 26.0 Å². The highest BCUT2D eigenvalue weighted by atomic mass is 16.6. The number of nitrogens with one attached hydrogen (secondary N) is 1. The molecule has 102 valence electrons. The summed E-state index contributed by atoms with van der Waals surface area (Å²) in [5.74, 6) is -0.519. The number of non-ortho nitro benzene ring substituents is 1. The minimum atomic E-state index is -0.791. The van der Waals surface area contributed by atoms with E-state index in [-0.39, 0.29) is 24.3 Å². The fourth-order valence-electron chi connectivity index (χ4n) is 1.59. The molecule has 0 atom stereocenters. The molecule has 0 unspecified atom stereocenters. The van der Waals surface area contributed by atoms with Gasteiger partial charge in [0.25, 0.3) is 11.4 Å². The first-order valence-corrected chi connectivity index (χ1v) is 5.21. The van der Waals surface area contributed by atoms with Crippen LogP contribution in [-0.2, 0) is 11.2 Å². The average Bonchev–Trinajstić information content (AvgIpc) is 2.29. The van der Waals surface area contributed by atoms with E-state index in [0.29, 0.717) is 0 Å². The van der Waals surface area contributed by atoms with Crippen molar-refractivity contribution < 1.29 is 19.7 Å². The molecule has 0 fully saturated rings. The molecule has 0 aromatic heterocycles. The maximum Gasteiger partial charge on any atom is 0.281 e. The monoisotopic (exact) mass is 269 g/mol. The number of carbonyl (C=O) groups is 1. The number of carbonyl (C=O) groups excluding carboxylic acids is 1. The fraction of sp³-hybridized carbons (Fsp3) is 0.300. The first-order valence-electron chi connectivity index (χ1n) is 5.21. The van der Waals surface area contributed by atoms with Gasteiger partial charge < -0.3 is 10.4 Å². The maximum atomic E-state index is 11.0. The zero-order valence-electron chi connectivity index (χ0n) is 9.95. The van der Waals surface area contributed by atoms with E-state index in [4.69, 9.17) is 5.11 Å². The Labute approximate surface area is 107 Å². The Kier molecular flexibility index (Phi) is 4.48. The SMILES string of the molecule is CC(=O)Nc1cc([N+](=O)[O-])cc([N+](=O)[O-])c1CCO. The molecule has 0 saturated carbocycles. The van der Waals surface area contributed by atoms with Gasteiger partial charge in [-0.2, -0.15) is 0 Å². The Bertz CT molecular complexity index is 542. The summed E-state index contributed by atoms with van der Waals surface area (Å²) in [7, 11) is 0. The number of rotatable bonds is 5. The Morgan fingerprint density at radius 2 is 1.95 bits per heavy atom. The Hall–Kier alpha value is -2.55. The number of hydrogen-bond donors (Lipinski definition) is 2. The summed E-state index contributed by atoms with van der Waals surface area (Å²) in [5.41, 5.74) is -1.00. The van der Waals surface area contributed by atoms with E-state index in [1.165, 1.54) is 6.92 Å². The number of benzene rings is 1.